The van der Waals surface area contributed by atoms with Crippen LogP contribution in [0.2, 0.25) is 0 Å². The van der Waals surface area contributed by atoms with Gasteiger partial charge in [-0.25, -0.2) is 0 Å². The summed E-state index contributed by atoms with van der Waals surface area (Å²) >= 11 is 0. The van der Waals surface area contributed by atoms with E-state index in [2.05, 4.69) is 5.32 Å². The number of carbonyl (C=O) groups is 3. The van der Waals surface area contributed by atoms with Gasteiger partial charge in [-0.05, 0) is 50.5 Å². The Labute approximate surface area is 211 Å². The summed E-state index contributed by atoms with van der Waals surface area (Å²) in [6, 6.07) is 9.52. The van der Waals surface area contributed by atoms with E-state index in [1.165, 1.54) is 7.11 Å². The predicted octanol–water partition coefficient (Wildman–Crippen LogP) is 3.31. The summed E-state index contributed by atoms with van der Waals surface area (Å²) in [6.07, 6.45) is 5.55. The van der Waals surface area contributed by atoms with Gasteiger partial charge in [-0.15, -0.1) is 0 Å². The number of rotatable bonds is 11. The third kappa shape index (κ3) is 6.23. The van der Waals surface area contributed by atoms with E-state index in [1.807, 2.05) is 31.2 Å². The topological polar surface area (TPSA) is 116 Å². The van der Waals surface area contributed by atoms with Crippen molar-refractivity contribution in [1.82, 2.24) is 4.57 Å². The van der Waals surface area contributed by atoms with Crippen molar-refractivity contribution >= 4 is 29.5 Å². The number of aromatic nitrogens is 1. The molecule has 0 fully saturated rings. The molecule has 0 saturated heterocycles. The molecule has 0 bridgehead atoms. The smallest absolute Gasteiger partial charge is 0.255 e. The second-order valence-corrected chi connectivity index (χ2v) is 8.74. The van der Waals surface area contributed by atoms with Crippen LogP contribution in [-0.4, -0.2) is 49.0 Å². The van der Waals surface area contributed by atoms with Crippen LogP contribution in [0.25, 0.3) is 0 Å². The van der Waals surface area contributed by atoms with E-state index in [4.69, 9.17) is 15.2 Å². The van der Waals surface area contributed by atoms with Crippen molar-refractivity contribution < 1.29 is 23.9 Å². The zero-order valence-electron chi connectivity index (χ0n) is 21.2. The number of hydrogen-bond acceptors (Lipinski definition) is 6. The molecule has 0 radical (unpaired) electrons. The van der Waals surface area contributed by atoms with Crippen LogP contribution in [0.1, 0.15) is 42.7 Å². The Balaban J connectivity index is 1.59. The number of methoxy groups -OCH3 is 1. The van der Waals surface area contributed by atoms with Crippen molar-refractivity contribution in [3.05, 3.63) is 71.0 Å². The molecule has 192 valence electrons. The summed E-state index contributed by atoms with van der Waals surface area (Å²) < 4.78 is 12.9. The first-order chi connectivity index (χ1) is 17.3. The van der Waals surface area contributed by atoms with Crippen LogP contribution in [0.15, 0.2) is 59.7 Å². The second kappa shape index (κ2) is 12.2. The summed E-state index contributed by atoms with van der Waals surface area (Å²) in [5.41, 5.74) is 9.45. The summed E-state index contributed by atoms with van der Waals surface area (Å²) in [5, 5.41) is 2.77. The van der Waals surface area contributed by atoms with Gasteiger partial charge < -0.3 is 30.0 Å². The average molecular weight is 495 g/mol. The number of aldehydes is 1. The summed E-state index contributed by atoms with van der Waals surface area (Å²) in [6.45, 7) is 4.10. The molecule has 1 atom stereocenters. The van der Waals surface area contributed by atoms with E-state index in [0.717, 1.165) is 24.0 Å². The number of allylic oxidation sites excluding steroid dienone is 2. The van der Waals surface area contributed by atoms with Crippen molar-refractivity contribution in [3.8, 4) is 0 Å². The molecule has 1 aromatic carbocycles. The Hall–Kier alpha value is -3.85. The van der Waals surface area contributed by atoms with Crippen LogP contribution in [0.4, 0.5) is 11.4 Å². The molecule has 9 nitrogen and oxygen atoms in total. The van der Waals surface area contributed by atoms with Crippen molar-refractivity contribution in [2.75, 3.05) is 30.5 Å². The number of nitrogens with two attached hydrogens (primary N) is 1. The van der Waals surface area contributed by atoms with Crippen LogP contribution in [0.5, 0.6) is 0 Å². The Morgan fingerprint density at radius 1 is 1.28 bits per heavy atom. The zero-order chi connectivity index (χ0) is 26.2. The molecule has 36 heavy (non-hydrogen) atoms. The number of nitrogens with one attached hydrogen (secondary N) is 1. The number of amides is 2. The minimum atomic E-state index is -0.175. The standard InChI is InChI=1S/C27H34N4O5/c1-18-12-20-8-5-6-9-24(20)31(18)27(34)21(15-28)13-25(35-4)19(2)36-11-7-10-26(33)29-22-14-23(17-32)30(3)16-22/h5-6,8-9,13-14,16-18H,7,10-12,15,28H2,1-4H3,(H,29,33)/b21-13+,25-19-/t18-/m1/s1. The molecule has 2 amide bonds. The van der Waals surface area contributed by atoms with Gasteiger partial charge in [0.2, 0.25) is 5.91 Å². The molecular weight excluding hydrogens is 460 g/mol. The summed E-state index contributed by atoms with van der Waals surface area (Å²) in [5.74, 6) is 0.558. The molecule has 1 aromatic heterocycles. The minimum absolute atomic E-state index is 0.0317. The molecule has 0 aliphatic carbocycles. The number of hydrogen-bond donors (Lipinski definition) is 2. The number of anilines is 2. The largest absolute Gasteiger partial charge is 0.494 e. The number of fused-ring (bicyclic) bond motifs is 1. The molecule has 0 spiro atoms. The van der Waals surface area contributed by atoms with E-state index in [0.29, 0.717) is 34.9 Å². The fourth-order valence-corrected chi connectivity index (χ4v) is 4.22. The van der Waals surface area contributed by atoms with Gasteiger partial charge >= 0.3 is 0 Å². The summed E-state index contributed by atoms with van der Waals surface area (Å²) in [4.78, 5) is 38.2. The maximum Gasteiger partial charge on any atom is 0.255 e. The van der Waals surface area contributed by atoms with Crippen LogP contribution in [-0.2, 0) is 32.5 Å². The Morgan fingerprint density at radius 3 is 2.69 bits per heavy atom. The van der Waals surface area contributed by atoms with Gasteiger partial charge in [0.1, 0.15) is 5.76 Å². The number of para-hydroxylation sites is 1. The third-order valence-corrected chi connectivity index (χ3v) is 6.11. The van der Waals surface area contributed by atoms with E-state index < -0.39 is 0 Å². The van der Waals surface area contributed by atoms with Gasteiger partial charge in [-0.3, -0.25) is 14.4 Å². The molecule has 1 aliphatic rings. The highest BCUT2D eigenvalue weighted by atomic mass is 16.5. The second-order valence-electron chi connectivity index (χ2n) is 8.74. The van der Waals surface area contributed by atoms with Crippen LogP contribution < -0.4 is 16.0 Å². The van der Waals surface area contributed by atoms with Crippen molar-refractivity contribution in [1.29, 1.82) is 0 Å². The maximum absolute atomic E-state index is 13.3. The zero-order valence-corrected chi connectivity index (χ0v) is 21.2. The van der Waals surface area contributed by atoms with Gasteiger partial charge in [0.05, 0.1) is 25.1 Å². The molecule has 9 heteroatoms. The molecule has 3 N–H and O–H groups in total. The average Bonchev–Trinajstić information content (AvgIpc) is 3.39. The lowest BCUT2D eigenvalue weighted by Crippen LogP contribution is -2.38. The molecule has 3 rings (SSSR count). The van der Waals surface area contributed by atoms with Gasteiger partial charge in [-0.2, -0.15) is 0 Å². The molecule has 0 unspecified atom stereocenters. The quantitative estimate of drug-likeness (QED) is 0.163. The van der Waals surface area contributed by atoms with Gasteiger partial charge in [0.15, 0.2) is 12.0 Å². The number of carbonyl (C=O) groups excluding carboxylic acids is 3. The van der Waals surface area contributed by atoms with E-state index in [-0.39, 0.29) is 37.4 Å². The number of aryl methyl sites for hydroxylation is 1. The number of benzene rings is 1. The number of nitrogens with zero attached hydrogens (tertiary/aromatic N) is 2. The lowest BCUT2D eigenvalue weighted by atomic mass is 10.1. The normalized spacial score (nSPS) is 15.8. The van der Waals surface area contributed by atoms with Crippen LogP contribution in [0.3, 0.4) is 0 Å². The van der Waals surface area contributed by atoms with Gasteiger partial charge in [-0.1, -0.05) is 18.2 Å². The number of ether oxygens (including phenoxy) is 2. The fraction of sp³-hybridized carbons (Fsp3) is 0.370. The predicted molar refractivity (Wildman–Crippen MR) is 139 cm³/mol. The highest BCUT2D eigenvalue weighted by Gasteiger charge is 2.32. The Bertz CT molecular complexity index is 1180. The van der Waals surface area contributed by atoms with E-state index >= 15 is 0 Å². The first kappa shape index (κ1) is 26.7. The molecule has 1 aliphatic heterocycles. The first-order valence-corrected chi connectivity index (χ1v) is 11.9. The van der Waals surface area contributed by atoms with Crippen LogP contribution in [0, 0.1) is 0 Å². The Kier molecular flexibility index (Phi) is 9.08. The van der Waals surface area contributed by atoms with E-state index in [1.54, 1.807) is 41.8 Å². The monoisotopic (exact) mass is 494 g/mol. The maximum atomic E-state index is 13.3. The molecule has 2 aromatic rings. The molecule has 0 saturated carbocycles. The van der Waals surface area contributed by atoms with Crippen molar-refractivity contribution in [2.45, 2.75) is 39.2 Å². The van der Waals surface area contributed by atoms with Gasteiger partial charge in [0.25, 0.3) is 5.91 Å². The third-order valence-electron chi connectivity index (χ3n) is 6.11. The SMILES string of the molecule is COC(/C=C(\CN)C(=O)N1c2ccccc2C[C@H]1C)=C(/C)OCCCC(=O)Nc1cc(C=O)n(C)c1. The minimum Gasteiger partial charge on any atom is -0.494 e. The lowest BCUT2D eigenvalue weighted by molar-refractivity contribution is -0.116. The first-order valence-electron chi connectivity index (χ1n) is 11.9. The van der Waals surface area contributed by atoms with Gasteiger partial charge in [0, 0.05) is 43.5 Å². The fourth-order valence-electron chi connectivity index (χ4n) is 4.22. The highest BCUT2D eigenvalue weighted by Crippen LogP contribution is 2.33. The molecule has 2 heterocycles. The lowest BCUT2D eigenvalue weighted by Gasteiger charge is -2.24. The van der Waals surface area contributed by atoms with Crippen molar-refractivity contribution in [2.24, 2.45) is 12.8 Å². The van der Waals surface area contributed by atoms with Crippen LogP contribution >= 0.6 is 0 Å². The molecular formula is C27H34N4O5. The Morgan fingerprint density at radius 2 is 2.03 bits per heavy atom. The van der Waals surface area contributed by atoms with Crippen molar-refractivity contribution in [3.63, 3.8) is 0 Å². The highest BCUT2D eigenvalue weighted by molar-refractivity contribution is 6.07. The van der Waals surface area contributed by atoms with E-state index in [9.17, 15) is 14.4 Å². The summed E-state index contributed by atoms with van der Waals surface area (Å²) in [7, 11) is 3.24.